The van der Waals surface area contributed by atoms with E-state index in [1.807, 2.05) is 12.1 Å². The Hall–Kier alpha value is -0.0900. The number of hydrogen-bond acceptors (Lipinski definition) is 3. The summed E-state index contributed by atoms with van der Waals surface area (Å²) in [5, 5.41) is 8.89. The molecule has 0 saturated heterocycles. The minimum absolute atomic E-state index is 0.145. The Morgan fingerprint density at radius 2 is 2.33 bits per heavy atom. The summed E-state index contributed by atoms with van der Waals surface area (Å²) >= 11 is 7.30. The van der Waals surface area contributed by atoms with Crippen LogP contribution in [-0.4, -0.2) is 18.3 Å². The van der Waals surface area contributed by atoms with Gasteiger partial charge in [0.1, 0.15) is 0 Å². The van der Waals surface area contributed by atoms with Crippen molar-refractivity contribution in [2.24, 2.45) is 11.7 Å². The predicted octanol–water partition coefficient (Wildman–Crippen LogP) is 1.51. The fraction of sp³-hybridized carbons (Fsp3) is 0.500. The lowest BCUT2D eigenvalue weighted by Crippen LogP contribution is -2.19. The number of aliphatic hydroxyl groups is 1. The molecule has 2 nitrogen and oxygen atoms in total. The van der Waals surface area contributed by atoms with Crippen LogP contribution >= 0.6 is 22.9 Å². The predicted molar refractivity (Wildman–Crippen MR) is 52.7 cm³/mol. The van der Waals surface area contributed by atoms with E-state index in [2.05, 4.69) is 0 Å². The van der Waals surface area contributed by atoms with Gasteiger partial charge < -0.3 is 10.8 Å². The second-order valence-electron chi connectivity index (χ2n) is 2.69. The third-order valence-corrected chi connectivity index (χ3v) is 2.96. The van der Waals surface area contributed by atoms with Crippen LogP contribution in [0.4, 0.5) is 0 Å². The summed E-state index contributed by atoms with van der Waals surface area (Å²) in [6.07, 6.45) is 0.824. The molecule has 68 valence electrons. The molecule has 0 spiro atoms. The van der Waals surface area contributed by atoms with Crippen LogP contribution in [0.5, 0.6) is 0 Å². The maximum atomic E-state index is 8.89. The Labute approximate surface area is 81.0 Å². The second-order valence-corrected chi connectivity index (χ2v) is 4.49. The quantitative estimate of drug-likeness (QED) is 0.783. The molecule has 0 fully saturated rings. The topological polar surface area (TPSA) is 46.2 Å². The summed E-state index contributed by atoms with van der Waals surface area (Å²) < 4.78 is 0.790. The number of rotatable bonds is 4. The fourth-order valence-corrected chi connectivity index (χ4v) is 2.17. The first-order valence-electron chi connectivity index (χ1n) is 3.81. The maximum Gasteiger partial charge on any atom is 0.0931 e. The molecule has 4 heteroatoms. The van der Waals surface area contributed by atoms with Crippen molar-refractivity contribution in [3.05, 3.63) is 21.3 Å². The van der Waals surface area contributed by atoms with Gasteiger partial charge in [-0.1, -0.05) is 11.6 Å². The van der Waals surface area contributed by atoms with E-state index in [1.54, 1.807) is 11.3 Å². The van der Waals surface area contributed by atoms with Crippen molar-refractivity contribution in [2.45, 2.75) is 6.42 Å². The summed E-state index contributed by atoms with van der Waals surface area (Å²) in [4.78, 5) is 1.18. The summed E-state index contributed by atoms with van der Waals surface area (Å²) in [6.45, 7) is 0.665. The normalized spacial score (nSPS) is 13.2. The third kappa shape index (κ3) is 2.75. The maximum absolute atomic E-state index is 8.89. The van der Waals surface area contributed by atoms with Gasteiger partial charge in [0.15, 0.2) is 0 Å². The lowest BCUT2D eigenvalue weighted by molar-refractivity contribution is 0.230. The van der Waals surface area contributed by atoms with E-state index >= 15 is 0 Å². The molecule has 1 heterocycles. The molecular formula is C8H12ClNOS. The lowest BCUT2D eigenvalue weighted by Gasteiger charge is -2.08. The highest BCUT2D eigenvalue weighted by Gasteiger charge is 2.07. The molecule has 0 radical (unpaired) electrons. The molecule has 1 aromatic rings. The molecule has 0 aliphatic rings. The van der Waals surface area contributed by atoms with E-state index in [9.17, 15) is 0 Å². The molecule has 0 aliphatic carbocycles. The van der Waals surface area contributed by atoms with Gasteiger partial charge >= 0.3 is 0 Å². The fourth-order valence-electron chi connectivity index (χ4n) is 0.968. The number of nitrogens with two attached hydrogens (primary N) is 1. The zero-order chi connectivity index (χ0) is 8.97. The first kappa shape index (κ1) is 9.99. The van der Waals surface area contributed by atoms with Crippen LogP contribution in [0.25, 0.3) is 0 Å². The molecule has 0 bridgehead atoms. The van der Waals surface area contributed by atoms with E-state index in [-0.39, 0.29) is 12.5 Å². The number of aliphatic hydroxyl groups excluding tert-OH is 1. The number of thiophene rings is 1. The van der Waals surface area contributed by atoms with Crippen molar-refractivity contribution < 1.29 is 5.11 Å². The Bertz CT molecular complexity index is 235. The molecule has 0 aromatic carbocycles. The van der Waals surface area contributed by atoms with Gasteiger partial charge in [-0.05, 0) is 31.0 Å². The molecular weight excluding hydrogens is 194 g/mol. The highest BCUT2D eigenvalue weighted by molar-refractivity contribution is 7.16. The molecule has 1 atom stereocenters. The summed E-state index contributed by atoms with van der Waals surface area (Å²) in [5.41, 5.74) is 5.45. The molecule has 0 amide bonds. The van der Waals surface area contributed by atoms with E-state index in [0.29, 0.717) is 6.54 Å². The smallest absolute Gasteiger partial charge is 0.0931 e. The summed E-state index contributed by atoms with van der Waals surface area (Å²) in [6, 6.07) is 3.85. The van der Waals surface area contributed by atoms with Crippen LogP contribution in [-0.2, 0) is 6.42 Å². The Morgan fingerprint density at radius 3 is 2.75 bits per heavy atom. The number of halogens is 1. The zero-order valence-electron chi connectivity index (χ0n) is 6.66. The molecule has 1 unspecified atom stereocenters. The SMILES string of the molecule is NCC(CO)Cc1ccc(Cl)s1. The zero-order valence-corrected chi connectivity index (χ0v) is 8.24. The average Bonchev–Trinajstić information content (AvgIpc) is 2.47. The third-order valence-electron chi connectivity index (χ3n) is 1.71. The van der Waals surface area contributed by atoms with E-state index in [1.165, 1.54) is 4.88 Å². The standard InChI is InChI=1S/C8H12ClNOS/c9-8-2-1-7(12-8)3-6(4-10)5-11/h1-2,6,11H,3-5,10H2. The minimum atomic E-state index is 0.145. The van der Waals surface area contributed by atoms with Crippen molar-refractivity contribution in [1.82, 2.24) is 0 Å². The summed E-state index contributed by atoms with van der Waals surface area (Å²) in [5.74, 6) is 0.166. The minimum Gasteiger partial charge on any atom is -0.396 e. The van der Waals surface area contributed by atoms with Crippen molar-refractivity contribution >= 4 is 22.9 Å². The van der Waals surface area contributed by atoms with Crippen molar-refractivity contribution in [3.8, 4) is 0 Å². The van der Waals surface area contributed by atoms with Crippen LogP contribution in [0, 0.1) is 5.92 Å². The monoisotopic (exact) mass is 205 g/mol. The Kier molecular flexibility index (Phi) is 4.01. The molecule has 12 heavy (non-hydrogen) atoms. The van der Waals surface area contributed by atoms with Gasteiger partial charge in [0.25, 0.3) is 0 Å². The van der Waals surface area contributed by atoms with Crippen LogP contribution in [0.3, 0.4) is 0 Å². The van der Waals surface area contributed by atoms with Crippen LogP contribution < -0.4 is 5.73 Å². The molecule has 1 aromatic heterocycles. The van der Waals surface area contributed by atoms with E-state index in [0.717, 1.165) is 10.8 Å². The van der Waals surface area contributed by atoms with Gasteiger partial charge in [-0.15, -0.1) is 11.3 Å². The van der Waals surface area contributed by atoms with Gasteiger partial charge in [0, 0.05) is 11.5 Å². The van der Waals surface area contributed by atoms with Crippen LogP contribution in [0.15, 0.2) is 12.1 Å². The highest BCUT2D eigenvalue weighted by Crippen LogP contribution is 2.23. The van der Waals surface area contributed by atoms with Crippen molar-refractivity contribution in [2.75, 3.05) is 13.2 Å². The molecule has 1 rings (SSSR count). The highest BCUT2D eigenvalue weighted by atomic mass is 35.5. The van der Waals surface area contributed by atoms with Crippen LogP contribution in [0.2, 0.25) is 4.34 Å². The van der Waals surface area contributed by atoms with Gasteiger partial charge in [0.2, 0.25) is 0 Å². The first-order valence-corrected chi connectivity index (χ1v) is 5.01. The Balaban J connectivity index is 2.50. The number of hydrogen-bond donors (Lipinski definition) is 2. The second kappa shape index (κ2) is 4.82. The van der Waals surface area contributed by atoms with Crippen molar-refractivity contribution in [1.29, 1.82) is 0 Å². The van der Waals surface area contributed by atoms with E-state index in [4.69, 9.17) is 22.4 Å². The summed E-state index contributed by atoms with van der Waals surface area (Å²) in [7, 11) is 0. The average molecular weight is 206 g/mol. The van der Waals surface area contributed by atoms with Crippen LogP contribution in [0.1, 0.15) is 4.88 Å². The van der Waals surface area contributed by atoms with Gasteiger partial charge in [-0.2, -0.15) is 0 Å². The van der Waals surface area contributed by atoms with Gasteiger partial charge in [0.05, 0.1) is 4.34 Å². The molecule has 3 N–H and O–H groups in total. The first-order chi connectivity index (χ1) is 5.76. The molecule has 0 aliphatic heterocycles. The van der Waals surface area contributed by atoms with Crippen molar-refractivity contribution in [3.63, 3.8) is 0 Å². The lowest BCUT2D eigenvalue weighted by atomic mass is 10.1. The van der Waals surface area contributed by atoms with Gasteiger partial charge in [-0.25, -0.2) is 0 Å². The van der Waals surface area contributed by atoms with Gasteiger partial charge in [-0.3, -0.25) is 0 Å². The van der Waals surface area contributed by atoms with E-state index < -0.39 is 0 Å². The Morgan fingerprint density at radius 1 is 1.58 bits per heavy atom. The molecule has 0 saturated carbocycles. The largest absolute Gasteiger partial charge is 0.396 e.